The number of aliphatic carboxylic acids is 1. The van der Waals surface area contributed by atoms with Gasteiger partial charge >= 0.3 is 11.9 Å². The van der Waals surface area contributed by atoms with E-state index in [1.54, 1.807) is 13.0 Å². The van der Waals surface area contributed by atoms with Crippen LogP contribution < -0.4 is 0 Å². The number of esters is 1. The fraction of sp³-hybridized carbons (Fsp3) is 0.600. The molecule has 84 valence electrons. The van der Waals surface area contributed by atoms with Gasteiger partial charge in [0.2, 0.25) is 0 Å². The number of halogens is 1. The van der Waals surface area contributed by atoms with Gasteiger partial charge in [-0.25, -0.2) is 0 Å². The highest BCUT2D eigenvalue weighted by Crippen LogP contribution is 2.39. The summed E-state index contributed by atoms with van der Waals surface area (Å²) in [5.41, 5.74) is -1.48. The minimum atomic E-state index is -1.48. The fourth-order valence-corrected chi connectivity index (χ4v) is 1.97. The van der Waals surface area contributed by atoms with E-state index in [1.165, 1.54) is 0 Å². The molecule has 0 aromatic carbocycles. The number of hydrogen-bond donors (Lipinski definition) is 1. The predicted octanol–water partition coefficient (Wildman–Crippen LogP) is 1.93. The number of carboxylic acids is 1. The molecule has 1 rings (SSSR count). The SMILES string of the molecule is CCOC(=O)C1(C(=O)O)CCC=C(Cl)C1. The van der Waals surface area contributed by atoms with Gasteiger partial charge in [0.15, 0.2) is 5.41 Å². The van der Waals surface area contributed by atoms with E-state index in [2.05, 4.69) is 0 Å². The molecule has 0 heterocycles. The van der Waals surface area contributed by atoms with Crippen LogP contribution in [0.25, 0.3) is 0 Å². The van der Waals surface area contributed by atoms with Crippen molar-refractivity contribution >= 4 is 23.5 Å². The molecule has 5 heteroatoms. The first-order chi connectivity index (χ1) is 7.03. The van der Waals surface area contributed by atoms with Crippen LogP contribution >= 0.6 is 11.6 Å². The van der Waals surface area contributed by atoms with E-state index in [1.807, 2.05) is 0 Å². The van der Waals surface area contributed by atoms with E-state index < -0.39 is 17.4 Å². The molecular weight excluding hydrogens is 220 g/mol. The summed E-state index contributed by atoms with van der Waals surface area (Å²) in [6, 6.07) is 0. The van der Waals surface area contributed by atoms with Crippen LogP contribution in [0.5, 0.6) is 0 Å². The first kappa shape index (κ1) is 12.0. The first-order valence-corrected chi connectivity index (χ1v) is 5.16. The maximum Gasteiger partial charge on any atom is 0.323 e. The average Bonchev–Trinajstić information content (AvgIpc) is 2.17. The summed E-state index contributed by atoms with van der Waals surface area (Å²) in [6.45, 7) is 1.82. The van der Waals surface area contributed by atoms with Crippen molar-refractivity contribution in [2.75, 3.05) is 6.61 Å². The number of ether oxygens (including phenoxy) is 1. The van der Waals surface area contributed by atoms with Gasteiger partial charge in [-0.15, -0.1) is 0 Å². The first-order valence-electron chi connectivity index (χ1n) is 4.78. The zero-order valence-electron chi connectivity index (χ0n) is 8.46. The second-order valence-electron chi connectivity index (χ2n) is 3.47. The minimum absolute atomic E-state index is 0.0305. The molecule has 0 radical (unpaired) electrons. The Hall–Kier alpha value is -1.03. The molecule has 1 aliphatic rings. The maximum atomic E-state index is 11.6. The molecule has 15 heavy (non-hydrogen) atoms. The van der Waals surface area contributed by atoms with E-state index in [4.69, 9.17) is 21.4 Å². The molecule has 0 bridgehead atoms. The van der Waals surface area contributed by atoms with Gasteiger partial charge in [0.25, 0.3) is 0 Å². The lowest BCUT2D eigenvalue weighted by Crippen LogP contribution is -2.42. The van der Waals surface area contributed by atoms with Crippen molar-refractivity contribution in [3.63, 3.8) is 0 Å². The molecule has 0 aliphatic heterocycles. The van der Waals surface area contributed by atoms with Crippen LogP contribution in [0.2, 0.25) is 0 Å². The zero-order chi connectivity index (χ0) is 11.5. The molecular formula is C10H13ClO4. The molecule has 0 fully saturated rings. The summed E-state index contributed by atoms with van der Waals surface area (Å²) >= 11 is 5.78. The maximum absolute atomic E-state index is 11.6. The van der Waals surface area contributed by atoms with Crippen LogP contribution in [0.15, 0.2) is 11.1 Å². The molecule has 1 aliphatic carbocycles. The standard InChI is InChI=1S/C10H13ClO4/c1-2-15-9(14)10(8(12)13)5-3-4-7(11)6-10/h4H,2-3,5-6H2,1H3,(H,12,13). The summed E-state index contributed by atoms with van der Waals surface area (Å²) in [7, 11) is 0. The highest BCUT2D eigenvalue weighted by atomic mass is 35.5. The van der Waals surface area contributed by atoms with Crippen LogP contribution in [0.4, 0.5) is 0 Å². The van der Waals surface area contributed by atoms with Gasteiger partial charge in [-0.3, -0.25) is 9.59 Å². The Labute approximate surface area is 92.9 Å². The summed E-state index contributed by atoms with van der Waals surface area (Å²) in [5.74, 6) is -1.85. The molecule has 0 aromatic heterocycles. The van der Waals surface area contributed by atoms with Crippen molar-refractivity contribution in [2.24, 2.45) is 5.41 Å². The van der Waals surface area contributed by atoms with Gasteiger partial charge in [0.05, 0.1) is 6.61 Å². The van der Waals surface area contributed by atoms with Crippen molar-refractivity contribution in [1.29, 1.82) is 0 Å². The van der Waals surface area contributed by atoms with Crippen LogP contribution in [0, 0.1) is 5.41 Å². The Morgan fingerprint density at radius 3 is 2.80 bits per heavy atom. The predicted molar refractivity (Wildman–Crippen MR) is 54.5 cm³/mol. The second-order valence-corrected chi connectivity index (χ2v) is 3.96. The monoisotopic (exact) mass is 232 g/mol. The summed E-state index contributed by atoms with van der Waals surface area (Å²) in [4.78, 5) is 22.8. The van der Waals surface area contributed by atoms with Crippen molar-refractivity contribution in [2.45, 2.75) is 26.2 Å². The molecule has 0 saturated heterocycles. The van der Waals surface area contributed by atoms with Crippen molar-refractivity contribution in [3.8, 4) is 0 Å². The molecule has 0 saturated carbocycles. The average molecular weight is 233 g/mol. The molecule has 4 nitrogen and oxygen atoms in total. The lowest BCUT2D eigenvalue weighted by Gasteiger charge is -2.29. The lowest BCUT2D eigenvalue weighted by molar-refractivity contribution is -0.169. The van der Waals surface area contributed by atoms with Gasteiger partial charge in [0, 0.05) is 11.5 Å². The second kappa shape index (κ2) is 4.66. The molecule has 1 atom stereocenters. The molecule has 1 unspecified atom stereocenters. The number of rotatable bonds is 3. The van der Waals surface area contributed by atoms with Gasteiger partial charge < -0.3 is 9.84 Å². The normalized spacial score (nSPS) is 25.6. The van der Waals surface area contributed by atoms with Gasteiger partial charge in [-0.1, -0.05) is 17.7 Å². The third-order valence-corrected chi connectivity index (χ3v) is 2.77. The Bertz CT molecular complexity index is 311. The minimum Gasteiger partial charge on any atom is -0.480 e. The Balaban J connectivity index is 2.94. The molecule has 0 aromatic rings. The van der Waals surface area contributed by atoms with E-state index in [0.29, 0.717) is 11.5 Å². The lowest BCUT2D eigenvalue weighted by atomic mass is 9.77. The summed E-state index contributed by atoms with van der Waals surface area (Å²) in [6.07, 6.45) is 2.51. The Kier molecular flexibility index (Phi) is 3.74. The summed E-state index contributed by atoms with van der Waals surface area (Å²) in [5, 5.41) is 9.53. The molecule has 0 amide bonds. The van der Waals surface area contributed by atoms with Gasteiger partial charge in [-0.2, -0.15) is 0 Å². The third kappa shape index (κ3) is 2.31. The Morgan fingerprint density at radius 2 is 2.33 bits per heavy atom. The van der Waals surface area contributed by atoms with Crippen molar-refractivity contribution < 1.29 is 19.4 Å². The quantitative estimate of drug-likeness (QED) is 0.597. The van der Waals surface area contributed by atoms with Crippen LogP contribution in [0.3, 0.4) is 0 Å². The number of allylic oxidation sites excluding steroid dienone is 2. The number of carboxylic acid groups (broad SMARTS) is 1. The highest BCUT2D eigenvalue weighted by Gasteiger charge is 2.48. The Morgan fingerprint density at radius 1 is 1.67 bits per heavy atom. The smallest absolute Gasteiger partial charge is 0.323 e. The number of hydrogen-bond acceptors (Lipinski definition) is 3. The van der Waals surface area contributed by atoms with Crippen molar-refractivity contribution in [3.05, 3.63) is 11.1 Å². The van der Waals surface area contributed by atoms with E-state index >= 15 is 0 Å². The van der Waals surface area contributed by atoms with Gasteiger partial charge in [-0.05, 0) is 19.8 Å². The van der Waals surface area contributed by atoms with E-state index in [9.17, 15) is 9.59 Å². The van der Waals surface area contributed by atoms with E-state index in [-0.39, 0.29) is 19.4 Å². The molecule has 1 N–H and O–H groups in total. The zero-order valence-corrected chi connectivity index (χ0v) is 9.21. The third-order valence-electron chi connectivity index (χ3n) is 2.48. The fourth-order valence-electron chi connectivity index (χ4n) is 1.64. The topological polar surface area (TPSA) is 63.6 Å². The van der Waals surface area contributed by atoms with E-state index in [0.717, 1.165) is 0 Å². The largest absolute Gasteiger partial charge is 0.480 e. The van der Waals surface area contributed by atoms with Crippen LogP contribution in [-0.2, 0) is 14.3 Å². The number of carbonyl (C=O) groups excluding carboxylic acids is 1. The van der Waals surface area contributed by atoms with Crippen LogP contribution in [0.1, 0.15) is 26.2 Å². The van der Waals surface area contributed by atoms with Gasteiger partial charge in [0.1, 0.15) is 0 Å². The van der Waals surface area contributed by atoms with Crippen molar-refractivity contribution in [1.82, 2.24) is 0 Å². The highest BCUT2D eigenvalue weighted by molar-refractivity contribution is 6.30. The van der Waals surface area contributed by atoms with Crippen LogP contribution in [-0.4, -0.2) is 23.7 Å². The summed E-state index contributed by atoms with van der Waals surface area (Å²) < 4.78 is 4.79. The number of carbonyl (C=O) groups is 2. The molecule has 0 spiro atoms.